The minimum absolute atomic E-state index is 0.0696. The molecule has 4 nitrogen and oxygen atoms in total. The second-order valence-electron chi connectivity index (χ2n) is 3.85. The van der Waals surface area contributed by atoms with Crippen LogP contribution >= 0.6 is 34.2 Å². The third-order valence-electron chi connectivity index (χ3n) is 2.46. The minimum Gasteiger partial charge on any atom is -0.507 e. The molecule has 0 heterocycles. The van der Waals surface area contributed by atoms with Crippen molar-refractivity contribution in [2.75, 3.05) is 11.1 Å². The number of halogens is 2. The van der Waals surface area contributed by atoms with Crippen LogP contribution in [0.15, 0.2) is 36.4 Å². The van der Waals surface area contributed by atoms with Gasteiger partial charge >= 0.3 is 0 Å². The van der Waals surface area contributed by atoms with Gasteiger partial charge in [-0.3, -0.25) is 4.79 Å². The number of phenols is 1. The molecule has 6 heteroatoms. The Balaban J connectivity index is 2.25. The lowest BCUT2D eigenvalue weighted by Crippen LogP contribution is -2.12. The number of hydrogen-bond donors (Lipinski definition) is 3. The fourth-order valence-electron chi connectivity index (χ4n) is 1.51. The molecule has 0 aliphatic rings. The molecule has 0 atom stereocenters. The monoisotopic (exact) mass is 388 g/mol. The first-order valence-corrected chi connectivity index (χ1v) is 6.78. The maximum atomic E-state index is 12.0. The summed E-state index contributed by atoms with van der Waals surface area (Å²) < 4.78 is 0.858. The molecule has 0 aromatic heterocycles. The zero-order valence-corrected chi connectivity index (χ0v) is 12.6. The summed E-state index contributed by atoms with van der Waals surface area (Å²) in [6.07, 6.45) is 0. The van der Waals surface area contributed by atoms with E-state index in [0.717, 1.165) is 3.57 Å². The van der Waals surface area contributed by atoms with E-state index in [1.54, 1.807) is 30.3 Å². The van der Waals surface area contributed by atoms with Crippen LogP contribution in [-0.4, -0.2) is 11.0 Å². The fraction of sp³-hybridized carbons (Fsp3) is 0. The minimum atomic E-state index is -0.405. The zero-order chi connectivity index (χ0) is 14.0. The average molecular weight is 389 g/mol. The molecule has 98 valence electrons. The van der Waals surface area contributed by atoms with Gasteiger partial charge in [-0.2, -0.15) is 0 Å². The highest BCUT2D eigenvalue weighted by atomic mass is 127. The fourth-order valence-corrected chi connectivity index (χ4v) is 2.12. The molecule has 0 bridgehead atoms. The Morgan fingerprint density at radius 2 is 2.00 bits per heavy atom. The zero-order valence-electron chi connectivity index (χ0n) is 9.65. The van der Waals surface area contributed by atoms with E-state index in [1.807, 2.05) is 0 Å². The molecule has 4 N–H and O–H groups in total. The van der Waals surface area contributed by atoms with Gasteiger partial charge in [0.25, 0.3) is 5.91 Å². The second-order valence-corrected chi connectivity index (χ2v) is 5.50. The number of rotatable bonds is 2. The van der Waals surface area contributed by atoms with Crippen LogP contribution in [0.25, 0.3) is 0 Å². The molecule has 0 aliphatic carbocycles. The molecule has 0 radical (unpaired) electrons. The normalized spacial score (nSPS) is 10.2. The van der Waals surface area contributed by atoms with Gasteiger partial charge in [-0.05, 0) is 59.0 Å². The van der Waals surface area contributed by atoms with Crippen molar-refractivity contribution in [3.8, 4) is 5.75 Å². The summed E-state index contributed by atoms with van der Waals surface area (Å²) in [5.41, 5.74) is 6.76. The SMILES string of the molecule is Nc1cc(NC(=O)c2cc(I)ccc2O)ccc1Cl. The largest absolute Gasteiger partial charge is 0.507 e. The molecule has 19 heavy (non-hydrogen) atoms. The van der Waals surface area contributed by atoms with Crippen LogP contribution in [0.2, 0.25) is 5.02 Å². The molecule has 0 saturated carbocycles. The van der Waals surface area contributed by atoms with E-state index in [2.05, 4.69) is 27.9 Å². The Bertz CT molecular complexity index is 647. The summed E-state index contributed by atoms with van der Waals surface area (Å²) in [7, 11) is 0. The molecule has 0 aliphatic heterocycles. The van der Waals surface area contributed by atoms with Gasteiger partial charge in [-0.15, -0.1) is 0 Å². The van der Waals surface area contributed by atoms with Crippen LogP contribution in [0, 0.1) is 3.57 Å². The Morgan fingerprint density at radius 1 is 1.26 bits per heavy atom. The molecule has 0 fully saturated rings. The number of anilines is 2. The van der Waals surface area contributed by atoms with E-state index < -0.39 is 5.91 Å². The first-order chi connectivity index (χ1) is 8.97. The van der Waals surface area contributed by atoms with E-state index in [-0.39, 0.29) is 11.3 Å². The van der Waals surface area contributed by atoms with Crippen molar-refractivity contribution in [1.82, 2.24) is 0 Å². The summed E-state index contributed by atoms with van der Waals surface area (Å²) in [5.74, 6) is -0.474. The number of carbonyl (C=O) groups is 1. The van der Waals surface area contributed by atoms with Gasteiger partial charge < -0.3 is 16.2 Å². The number of benzene rings is 2. The highest BCUT2D eigenvalue weighted by Gasteiger charge is 2.12. The lowest BCUT2D eigenvalue weighted by atomic mass is 10.2. The third kappa shape index (κ3) is 3.30. The maximum Gasteiger partial charge on any atom is 0.259 e. The standard InChI is InChI=1S/C13H10ClIN2O2/c14-10-3-2-8(6-11(10)16)17-13(19)9-5-7(15)1-4-12(9)18/h1-6,18H,16H2,(H,17,19). The van der Waals surface area contributed by atoms with E-state index in [1.165, 1.54) is 6.07 Å². The number of nitrogens with two attached hydrogens (primary N) is 1. The number of phenolic OH excluding ortho intramolecular Hbond substituents is 1. The second kappa shape index (κ2) is 5.66. The summed E-state index contributed by atoms with van der Waals surface area (Å²) in [6.45, 7) is 0. The van der Waals surface area contributed by atoms with Crippen LogP contribution < -0.4 is 11.1 Å². The average Bonchev–Trinajstić information content (AvgIpc) is 2.36. The summed E-state index contributed by atoms with van der Waals surface area (Å²) >= 11 is 7.87. The predicted octanol–water partition coefficient (Wildman–Crippen LogP) is 3.48. The summed E-state index contributed by atoms with van der Waals surface area (Å²) in [6, 6.07) is 9.60. The predicted molar refractivity (Wildman–Crippen MR) is 84.6 cm³/mol. The molecule has 0 saturated heterocycles. The summed E-state index contributed by atoms with van der Waals surface area (Å²) in [4.78, 5) is 12.0. The van der Waals surface area contributed by atoms with Gasteiger partial charge in [0.2, 0.25) is 0 Å². The Hall–Kier alpha value is -1.47. The summed E-state index contributed by atoms with van der Waals surface area (Å²) in [5, 5.41) is 12.8. The Kier molecular flexibility index (Phi) is 4.16. The molecule has 0 unspecified atom stereocenters. The van der Waals surface area contributed by atoms with Crippen molar-refractivity contribution in [3.05, 3.63) is 50.6 Å². The number of nitrogen functional groups attached to an aromatic ring is 1. The topological polar surface area (TPSA) is 75.3 Å². The van der Waals surface area contributed by atoms with E-state index >= 15 is 0 Å². The van der Waals surface area contributed by atoms with Gasteiger partial charge in [-0.1, -0.05) is 11.6 Å². The van der Waals surface area contributed by atoms with E-state index in [4.69, 9.17) is 17.3 Å². The highest BCUT2D eigenvalue weighted by Crippen LogP contribution is 2.24. The van der Waals surface area contributed by atoms with Gasteiger partial charge in [-0.25, -0.2) is 0 Å². The van der Waals surface area contributed by atoms with E-state index in [0.29, 0.717) is 16.4 Å². The Morgan fingerprint density at radius 3 is 2.68 bits per heavy atom. The maximum absolute atomic E-state index is 12.0. The van der Waals surface area contributed by atoms with Gasteiger partial charge in [0.15, 0.2) is 0 Å². The number of carbonyl (C=O) groups excluding carboxylic acids is 1. The number of amides is 1. The molecule has 0 spiro atoms. The molecule has 2 aromatic rings. The third-order valence-corrected chi connectivity index (χ3v) is 3.47. The Labute approximate surface area is 128 Å². The number of aromatic hydroxyl groups is 1. The number of nitrogens with one attached hydrogen (secondary N) is 1. The number of hydrogen-bond acceptors (Lipinski definition) is 3. The van der Waals surface area contributed by atoms with Crippen molar-refractivity contribution >= 4 is 51.5 Å². The van der Waals surface area contributed by atoms with Crippen LogP contribution in [0.3, 0.4) is 0 Å². The first kappa shape index (κ1) is 14.0. The lowest BCUT2D eigenvalue weighted by Gasteiger charge is -2.08. The smallest absolute Gasteiger partial charge is 0.259 e. The van der Waals surface area contributed by atoms with Crippen LogP contribution in [0.4, 0.5) is 11.4 Å². The molecular weight excluding hydrogens is 379 g/mol. The van der Waals surface area contributed by atoms with Crippen molar-refractivity contribution < 1.29 is 9.90 Å². The van der Waals surface area contributed by atoms with Crippen molar-refractivity contribution in [2.24, 2.45) is 0 Å². The van der Waals surface area contributed by atoms with Crippen LogP contribution in [0.5, 0.6) is 5.75 Å². The molecule has 2 aromatic carbocycles. The molecular formula is C13H10ClIN2O2. The molecule has 2 rings (SSSR count). The lowest BCUT2D eigenvalue weighted by molar-refractivity contribution is 0.102. The molecule has 1 amide bonds. The van der Waals surface area contributed by atoms with Crippen molar-refractivity contribution in [1.29, 1.82) is 0 Å². The first-order valence-electron chi connectivity index (χ1n) is 5.32. The van der Waals surface area contributed by atoms with Gasteiger partial charge in [0.1, 0.15) is 5.75 Å². The van der Waals surface area contributed by atoms with Crippen molar-refractivity contribution in [2.45, 2.75) is 0 Å². The van der Waals surface area contributed by atoms with Crippen LogP contribution in [-0.2, 0) is 0 Å². The van der Waals surface area contributed by atoms with Crippen LogP contribution in [0.1, 0.15) is 10.4 Å². The highest BCUT2D eigenvalue weighted by molar-refractivity contribution is 14.1. The van der Waals surface area contributed by atoms with E-state index in [9.17, 15) is 9.90 Å². The van der Waals surface area contributed by atoms with Crippen molar-refractivity contribution in [3.63, 3.8) is 0 Å². The van der Waals surface area contributed by atoms with Gasteiger partial charge in [0, 0.05) is 9.26 Å². The van der Waals surface area contributed by atoms with Gasteiger partial charge in [0.05, 0.1) is 16.3 Å². The quantitative estimate of drug-likeness (QED) is 0.544.